The Kier molecular flexibility index (Phi) is 6.10. The molecular formula is C25H30N8O2. The number of amides is 2. The Balaban J connectivity index is 1.41. The highest BCUT2D eigenvalue weighted by Gasteiger charge is 2.26. The number of fused-ring (bicyclic) bond motifs is 1. The van der Waals surface area contributed by atoms with E-state index < -0.39 is 0 Å². The molecular weight excluding hydrogens is 444 g/mol. The van der Waals surface area contributed by atoms with Crippen LogP contribution in [0.1, 0.15) is 42.2 Å². The Morgan fingerprint density at radius 3 is 2.63 bits per heavy atom. The molecule has 4 heterocycles. The average molecular weight is 475 g/mol. The standard InChI is InChI=1S/C25H30N8O2/c1-30(2)24(35)20-14-17-15-27-25(29-23(17)33(20)18-6-4-5-7-18)28-21-9-8-19(16-26-21)32-13-12-31(3)11-10-22(32)34/h8-11,14-16,18H,4-7,12-13H2,1-3H3,(H,26,27,28,29). The Morgan fingerprint density at radius 2 is 1.91 bits per heavy atom. The predicted molar refractivity (Wildman–Crippen MR) is 135 cm³/mol. The molecule has 10 heteroatoms. The van der Waals surface area contributed by atoms with Crippen molar-refractivity contribution >= 4 is 40.3 Å². The highest BCUT2D eigenvalue weighted by atomic mass is 16.2. The summed E-state index contributed by atoms with van der Waals surface area (Å²) in [6.45, 7) is 1.33. The summed E-state index contributed by atoms with van der Waals surface area (Å²) in [6.07, 6.45) is 11.1. The number of carbonyl (C=O) groups is 2. The zero-order valence-electron chi connectivity index (χ0n) is 20.3. The van der Waals surface area contributed by atoms with Crippen molar-refractivity contribution in [2.24, 2.45) is 0 Å². The summed E-state index contributed by atoms with van der Waals surface area (Å²) in [5.74, 6) is 0.883. The summed E-state index contributed by atoms with van der Waals surface area (Å²) in [4.78, 5) is 44.3. The van der Waals surface area contributed by atoms with Gasteiger partial charge in [-0.25, -0.2) is 9.97 Å². The first kappa shape index (κ1) is 22.8. The van der Waals surface area contributed by atoms with Crippen molar-refractivity contribution in [3.8, 4) is 0 Å². The van der Waals surface area contributed by atoms with Crippen LogP contribution in [0.2, 0.25) is 0 Å². The lowest BCUT2D eigenvalue weighted by Crippen LogP contribution is -2.32. The number of likely N-dealkylation sites (N-methyl/N-ethyl adjacent to an activating group) is 1. The van der Waals surface area contributed by atoms with Crippen LogP contribution in [-0.4, -0.2) is 75.4 Å². The van der Waals surface area contributed by atoms with Crippen molar-refractivity contribution in [1.82, 2.24) is 29.3 Å². The van der Waals surface area contributed by atoms with Gasteiger partial charge in [-0.1, -0.05) is 12.8 Å². The van der Waals surface area contributed by atoms with E-state index in [1.54, 1.807) is 48.6 Å². The molecule has 0 bridgehead atoms. The number of rotatable bonds is 5. The van der Waals surface area contributed by atoms with Gasteiger partial charge in [-0.15, -0.1) is 0 Å². The quantitative estimate of drug-likeness (QED) is 0.606. The van der Waals surface area contributed by atoms with Crippen LogP contribution in [-0.2, 0) is 4.79 Å². The number of nitrogens with one attached hydrogen (secondary N) is 1. The Bertz CT molecular complexity index is 1270. The monoisotopic (exact) mass is 474 g/mol. The van der Waals surface area contributed by atoms with E-state index in [1.165, 1.54) is 0 Å². The van der Waals surface area contributed by atoms with Crippen LogP contribution in [0, 0.1) is 0 Å². The van der Waals surface area contributed by atoms with E-state index >= 15 is 0 Å². The highest BCUT2D eigenvalue weighted by molar-refractivity contribution is 6.01. The summed E-state index contributed by atoms with van der Waals surface area (Å²) < 4.78 is 2.09. The lowest BCUT2D eigenvalue weighted by molar-refractivity contribution is -0.114. The molecule has 1 N–H and O–H groups in total. The smallest absolute Gasteiger partial charge is 0.270 e. The normalized spacial score (nSPS) is 16.7. The van der Waals surface area contributed by atoms with Gasteiger partial charge in [0.25, 0.3) is 11.8 Å². The first-order valence-electron chi connectivity index (χ1n) is 11.9. The molecule has 0 unspecified atom stereocenters. The van der Waals surface area contributed by atoms with Crippen LogP contribution in [0.15, 0.2) is 42.9 Å². The fraction of sp³-hybridized carbons (Fsp3) is 0.400. The maximum Gasteiger partial charge on any atom is 0.270 e. The van der Waals surface area contributed by atoms with Crippen molar-refractivity contribution in [2.45, 2.75) is 31.7 Å². The third-order valence-corrected chi connectivity index (χ3v) is 6.60. The first-order chi connectivity index (χ1) is 16.9. The van der Waals surface area contributed by atoms with Gasteiger partial charge in [-0.2, -0.15) is 4.98 Å². The molecule has 0 atom stereocenters. The number of hydrogen-bond acceptors (Lipinski definition) is 7. The van der Waals surface area contributed by atoms with Crippen LogP contribution in [0.25, 0.3) is 11.0 Å². The van der Waals surface area contributed by atoms with Crippen molar-refractivity contribution in [3.63, 3.8) is 0 Å². The average Bonchev–Trinajstić information content (AvgIpc) is 3.47. The van der Waals surface area contributed by atoms with Crippen LogP contribution in [0.3, 0.4) is 0 Å². The second-order valence-electron chi connectivity index (χ2n) is 9.32. The molecule has 2 amide bonds. The second-order valence-corrected chi connectivity index (χ2v) is 9.32. The van der Waals surface area contributed by atoms with Gasteiger partial charge in [-0.3, -0.25) is 9.59 Å². The van der Waals surface area contributed by atoms with Gasteiger partial charge < -0.3 is 24.6 Å². The minimum absolute atomic E-state index is 0.0363. The molecule has 10 nitrogen and oxygen atoms in total. The highest BCUT2D eigenvalue weighted by Crippen LogP contribution is 2.35. The molecule has 0 spiro atoms. The zero-order chi connectivity index (χ0) is 24.5. The Hall–Kier alpha value is -3.95. The van der Waals surface area contributed by atoms with Crippen molar-refractivity contribution in [1.29, 1.82) is 0 Å². The van der Waals surface area contributed by atoms with E-state index in [4.69, 9.17) is 4.98 Å². The molecule has 35 heavy (non-hydrogen) atoms. The van der Waals surface area contributed by atoms with Crippen molar-refractivity contribution in [3.05, 3.63) is 48.6 Å². The van der Waals surface area contributed by atoms with E-state index in [-0.39, 0.29) is 17.9 Å². The van der Waals surface area contributed by atoms with Gasteiger partial charge in [0.15, 0.2) is 0 Å². The van der Waals surface area contributed by atoms with Gasteiger partial charge >= 0.3 is 0 Å². The van der Waals surface area contributed by atoms with Gasteiger partial charge in [0.1, 0.15) is 17.2 Å². The molecule has 1 fully saturated rings. The number of carbonyl (C=O) groups excluding carboxylic acids is 2. The molecule has 2 aliphatic rings. The summed E-state index contributed by atoms with van der Waals surface area (Å²) in [7, 11) is 5.47. The fourth-order valence-corrected chi connectivity index (χ4v) is 4.71. The predicted octanol–water partition coefficient (Wildman–Crippen LogP) is 3.18. The zero-order valence-corrected chi connectivity index (χ0v) is 20.3. The molecule has 3 aromatic heterocycles. The Morgan fingerprint density at radius 1 is 1.11 bits per heavy atom. The molecule has 0 radical (unpaired) electrons. The van der Waals surface area contributed by atoms with Crippen LogP contribution < -0.4 is 10.2 Å². The van der Waals surface area contributed by atoms with Gasteiger partial charge in [0.2, 0.25) is 5.95 Å². The summed E-state index contributed by atoms with van der Waals surface area (Å²) in [5, 5.41) is 4.01. The molecule has 3 aromatic rings. The lowest BCUT2D eigenvalue weighted by atomic mass is 10.2. The minimum atomic E-state index is -0.0682. The third kappa shape index (κ3) is 4.55. The topological polar surface area (TPSA) is 99.5 Å². The molecule has 1 aliphatic heterocycles. The largest absolute Gasteiger partial charge is 0.378 e. The van der Waals surface area contributed by atoms with Crippen LogP contribution in [0.5, 0.6) is 0 Å². The maximum absolute atomic E-state index is 12.9. The van der Waals surface area contributed by atoms with Crippen molar-refractivity contribution in [2.75, 3.05) is 44.4 Å². The molecule has 0 saturated heterocycles. The van der Waals surface area contributed by atoms with Gasteiger partial charge in [-0.05, 0) is 31.0 Å². The second kappa shape index (κ2) is 9.36. The van der Waals surface area contributed by atoms with E-state index in [1.807, 2.05) is 30.1 Å². The van der Waals surface area contributed by atoms with Gasteiger partial charge in [0.05, 0.1) is 11.9 Å². The molecule has 5 rings (SSSR count). The third-order valence-electron chi connectivity index (χ3n) is 6.60. The van der Waals surface area contributed by atoms with Crippen LogP contribution in [0.4, 0.5) is 17.5 Å². The first-order valence-corrected chi connectivity index (χ1v) is 11.9. The fourth-order valence-electron chi connectivity index (χ4n) is 4.71. The molecule has 1 aliphatic carbocycles. The van der Waals surface area contributed by atoms with E-state index in [9.17, 15) is 9.59 Å². The maximum atomic E-state index is 12.9. The lowest BCUT2D eigenvalue weighted by Gasteiger charge is -2.21. The number of pyridine rings is 1. The van der Waals surface area contributed by atoms with E-state index in [0.717, 1.165) is 48.9 Å². The molecule has 0 aromatic carbocycles. The summed E-state index contributed by atoms with van der Waals surface area (Å²) >= 11 is 0. The van der Waals surface area contributed by atoms with Gasteiger partial charge in [0, 0.05) is 64.1 Å². The molecule has 182 valence electrons. The van der Waals surface area contributed by atoms with E-state index in [2.05, 4.69) is 19.9 Å². The number of hydrogen-bond donors (Lipinski definition) is 1. The molecule has 1 saturated carbocycles. The Labute approximate surface area is 204 Å². The minimum Gasteiger partial charge on any atom is -0.378 e. The number of nitrogens with zero attached hydrogens (tertiary/aromatic N) is 7. The number of aromatic nitrogens is 4. The SMILES string of the molecule is CN1C=CC(=O)N(c2ccc(Nc3ncc4cc(C(=O)N(C)C)n(C5CCCC5)c4n3)nc2)CC1. The summed E-state index contributed by atoms with van der Waals surface area (Å²) in [5.41, 5.74) is 2.13. The van der Waals surface area contributed by atoms with Crippen LogP contribution >= 0.6 is 0 Å². The summed E-state index contributed by atoms with van der Waals surface area (Å²) in [6, 6.07) is 5.81. The number of anilines is 3. The van der Waals surface area contributed by atoms with Crippen molar-refractivity contribution < 1.29 is 9.59 Å². The van der Waals surface area contributed by atoms with E-state index in [0.29, 0.717) is 24.0 Å².